The van der Waals surface area contributed by atoms with E-state index in [-0.39, 0.29) is 30.8 Å². The summed E-state index contributed by atoms with van der Waals surface area (Å²) in [7, 11) is 3.38. The van der Waals surface area contributed by atoms with E-state index in [1.807, 2.05) is 24.3 Å². The molecule has 2 aromatic carbocycles. The molecule has 8 heteroatoms. The fraction of sp³-hybridized carbons (Fsp3) is 0.440. The zero-order chi connectivity index (χ0) is 23.8. The van der Waals surface area contributed by atoms with Crippen LogP contribution in [0.25, 0.3) is 0 Å². The number of halogens is 2. The first-order chi connectivity index (χ1) is 15.8. The zero-order valence-corrected chi connectivity index (χ0v) is 19.1. The van der Waals surface area contributed by atoms with Crippen molar-refractivity contribution in [2.45, 2.75) is 44.8 Å². The minimum atomic E-state index is -0.689. The van der Waals surface area contributed by atoms with E-state index in [2.05, 4.69) is 10.6 Å². The average molecular weight is 460 g/mol. The van der Waals surface area contributed by atoms with Crippen LogP contribution in [0, 0.1) is 17.6 Å². The molecular weight excluding hydrogens is 428 g/mol. The van der Waals surface area contributed by atoms with Gasteiger partial charge in [0, 0.05) is 51.1 Å². The van der Waals surface area contributed by atoms with Crippen molar-refractivity contribution in [3.05, 3.63) is 65.2 Å². The number of carbonyl (C=O) groups excluding carboxylic acids is 2. The molecule has 0 aromatic heterocycles. The highest BCUT2D eigenvalue weighted by atomic mass is 19.1. The molecule has 178 valence electrons. The molecule has 1 heterocycles. The fourth-order valence-corrected chi connectivity index (χ4v) is 4.08. The lowest BCUT2D eigenvalue weighted by Crippen LogP contribution is -2.41. The summed E-state index contributed by atoms with van der Waals surface area (Å²) in [5, 5.41) is 6.24. The molecule has 6 nitrogen and oxygen atoms in total. The molecule has 0 unspecified atom stereocenters. The second kappa shape index (κ2) is 11.7. The highest BCUT2D eigenvalue weighted by Crippen LogP contribution is 2.20. The van der Waals surface area contributed by atoms with Gasteiger partial charge in [-0.05, 0) is 48.2 Å². The Hall–Kier alpha value is -3.00. The Bertz CT molecular complexity index is 949. The van der Waals surface area contributed by atoms with Gasteiger partial charge in [0.15, 0.2) is 0 Å². The van der Waals surface area contributed by atoms with Crippen molar-refractivity contribution in [3.8, 4) is 5.75 Å². The smallest absolute Gasteiger partial charge is 0.223 e. The normalized spacial score (nSPS) is 19.4. The quantitative estimate of drug-likeness (QED) is 0.666. The molecule has 1 aliphatic heterocycles. The molecule has 0 aliphatic carbocycles. The number of benzene rings is 2. The van der Waals surface area contributed by atoms with Gasteiger partial charge >= 0.3 is 0 Å². The number of hydrogen-bond donors (Lipinski definition) is 2. The Morgan fingerprint density at radius 1 is 1.09 bits per heavy atom. The summed E-state index contributed by atoms with van der Waals surface area (Å²) in [6.45, 7) is 1.22. The number of nitrogens with one attached hydrogen (secondary N) is 2. The lowest BCUT2D eigenvalue weighted by Gasteiger charge is -2.24. The Balaban J connectivity index is 1.56. The van der Waals surface area contributed by atoms with Gasteiger partial charge in [-0.3, -0.25) is 9.59 Å². The molecule has 2 atom stereocenters. The molecule has 1 aliphatic rings. The number of likely N-dealkylation sites (N-methyl/N-ethyl adjacent to an activating group) is 1. The topological polar surface area (TPSA) is 70.7 Å². The number of carbonyl (C=O) groups is 2. The molecular formula is C25H31F2N3O3. The van der Waals surface area contributed by atoms with Crippen LogP contribution in [-0.4, -0.2) is 43.5 Å². The van der Waals surface area contributed by atoms with E-state index in [0.29, 0.717) is 25.1 Å². The monoisotopic (exact) mass is 459 g/mol. The van der Waals surface area contributed by atoms with E-state index in [1.54, 1.807) is 19.1 Å². The summed E-state index contributed by atoms with van der Waals surface area (Å²) in [5.74, 6) is -1.43. The van der Waals surface area contributed by atoms with E-state index >= 15 is 0 Å². The molecule has 1 fully saturated rings. The third-order valence-electron chi connectivity index (χ3n) is 5.94. The van der Waals surface area contributed by atoms with Gasteiger partial charge in [-0.15, -0.1) is 0 Å². The predicted molar refractivity (Wildman–Crippen MR) is 121 cm³/mol. The summed E-state index contributed by atoms with van der Waals surface area (Å²) >= 11 is 0. The Labute approximate surface area is 193 Å². The molecule has 2 amide bonds. The summed E-state index contributed by atoms with van der Waals surface area (Å²) in [6.07, 6.45) is 2.28. The van der Waals surface area contributed by atoms with E-state index < -0.39 is 17.6 Å². The molecule has 33 heavy (non-hydrogen) atoms. The molecule has 3 rings (SSSR count). The fourth-order valence-electron chi connectivity index (χ4n) is 4.08. The third kappa shape index (κ3) is 7.53. The maximum Gasteiger partial charge on any atom is 0.223 e. The highest BCUT2D eigenvalue weighted by molar-refractivity contribution is 5.85. The molecule has 2 N–H and O–H groups in total. The van der Waals surface area contributed by atoms with Gasteiger partial charge < -0.3 is 20.3 Å². The van der Waals surface area contributed by atoms with Gasteiger partial charge in [0.25, 0.3) is 0 Å². The molecule has 0 spiro atoms. The number of hydrogen-bond acceptors (Lipinski definition) is 4. The summed E-state index contributed by atoms with van der Waals surface area (Å²) in [4.78, 5) is 27.1. The van der Waals surface area contributed by atoms with Crippen molar-refractivity contribution < 1.29 is 23.1 Å². The average Bonchev–Trinajstić information content (AvgIpc) is 2.85. The van der Waals surface area contributed by atoms with Crippen LogP contribution in [0.2, 0.25) is 0 Å². The Morgan fingerprint density at radius 2 is 1.85 bits per heavy atom. The molecule has 0 radical (unpaired) electrons. The number of rotatable bonds is 7. The summed E-state index contributed by atoms with van der Waals surface area (Å²) in [5.41, 5.74) is 1.43. The number of amides is 2. The van der Waals surface area contributed by atoms with Crippen molar-refractivity contribution in [1.29, 1.82) is 0 Å². The van der Waals surface area contributed by atoms with Gasteiger partial charge in [0.1, 0.15) is 17.4 Å². The molecule has 0 bridgehead atoms. The number of nitrogens with zero attached hydrogens (tertiary/aromatic N) is 1. The van der Waals surface area contributed by atoms with Crippen molar-refractivity contribution >= 4 is 11.8 Å². The maximum atomic E-state index is 13.4. The van der Waals surface area contributed by atoms with Crippen LogP contribution < -0.4 is 15.4 Å². The first kappa shape index (κ1) is 24.6. The highest BCUT2D eigenvalue weighted by Gasteiger charge is 2.27. The number of methoxy groups -OCH3 is 1. The first-order valence-electron chi connectivity index (χ1n) is 11.2. The van der Waals surface area contributed by atoms with Crippen LogP contribution in [-0.2, 0) is 22.7 Å². The van der Waals surface area contributed by atoms with Crippen molar-refractivity contribution in [3.63, 3.8) is 0 Å². The maximum absolute atomic E-state index is 13.4. The molecule has 1 saturated heterocycles. The van der Waals surface area contributed by atoms with Crippen molar-refractivity contribution in [1.82, 2.24) is 15.5 Å². The van der Waals surface area contributed by atoms with Crippen LogP contribution >= 0.6 is 0 Å². The van der Waals surface area contributed by atoms with Gasteiger partial charge in [-0.25, -0.2) is 8.78 Å². The summed E-state index contributed by atoms with van der Waals surface area (Å²) in [6, 6.07) is 11.1. The van der Waals surface area contributed by atoms with Gasteiger partial charge in [0.2, 0.25) is 11.8 Å². The van der Waals surface area contributed by atoms with Gasteiger partial charge in [0.05, 0.1) is 7.11 Å². The summed E-state index contributed by atoms with van der Waals surface area (Å²) < 4.78 is 32.0. The first-order valence-corrected chi connectivity index (χ1v) is 11.2. The minimum absolute atomic E-state index is 0.0127. The SMILES string of the molecule is COc1cccc(CN[C@@H]2CCC[C@@H](C(=O)NCc3cc(F)cc(F)c3)CC(=O)N(C)C2)c1. The third-order valence-corrected chi connectivity index (χ3v) is 5.94. The van der Waals surface area contributed by atoms with Crippen LogP contribution in [0.15, 0.2) is 42.5 Å². The van der Waals surface area contributed by atoms with Crippen LogP contribution in [0.4, 0.5) is 8.78 Å². The van der Waals surface area contributed by atoms with Crippen molar-refractivity contribution in [2.24, 2.45) is 5.92 Å². The largest absolute Gasteiger partial charge is 0.497 e. The van der Waals surface area contributed by atoms with Crippen LogP contribution in [0.1, 0.15) is 36.8 Å². The van der Waals surface area contributed by atoms with E-state index in [4.69, 9.17) is 4.74 Å². The predicted octanol–water partition coefficient (Wildman–Crippen LogP) is 3.40. The Morgan fingerprint density at radius 3 is 2.58 bits per heavy atom. The van der Waals surface area contributed by atoms with E-state index in [9.17, 15) is 18.4 Å². The van der Waals surface area contributed by atoms with E-state index in [1.165, 1.54) is 12.1 Å². The molecule has 0 saturated carbocycles. The van der Waals surface area contributed by atoms with Crippen LogP contribution in [0.3, 0.4) is 0 Å². The second-order valence-corrected chi connectivity index (χ2v) is 8.53. The lowest BCUT2D eigenvalue weighted by molar-refractivity contribution is -0.135. The minimum Gasteiger partial charge on any atom is -0.497 e. The number of ether oxygens (including phenoxy) is 1. The standard InChI is InChI=1S/C25H31F2N3O3/c1-30-16-22(28-14-17-5-3-8-23(11-17)33-2)7-4-6-19(12-24(30)31)25(32)29-15-18-9-20(26)13-21(27)10-18/h3,5,8-11,13,19,22,28H,4,6-7,12,14-16H2,1-2H3,(H,29,32)/t19-,22-/m1/s1. The van der Waals surface area contributed by atoms with Gasteiger partial charge in [-0.2, -0.15) is 0 Å². The van der Waals surface area contributed by atoms with Crippen molar-refractivity contribution in [2.75, 3.05) is 20.7 Å². The zero-order valence-electron chi connectivity index (χ0n) is 19.1. The van der Waals surface area contributed by atoms with Crippen LogP contribution in [0.5, 0.6) is 5.75 Å². The molecule has 2 aromatic rings. The Kier molecular flexibility index (Phi) is 8.77. The second-order valence-electron chi connectivity index (χ2n) is 8.53. The van der Waals surface area contributed by atoms with E-state index in [0.717, 1.165) is 30.2 Å². The lowest BCUT2D eigenvalue weighted by atomic mass is 9.96. The van der Waals surface area contributed by atoms with Gasteiger partial charge in [-0.1, -0.05) is 18.6 Å².